The monoisotopic (exact) mass is 442 g/mol. The third-order valence-corrected chi connectivity index (χ3v) is 6.90. The Kier molecular flexibility index (Phi) is 6.71. The minimum absolute atomic E-state index is 0.198. The fraction of sp³-hybridized carbons (Fsp3) is 0.478. The molecule has 1 aliphatic carbocycles. The molecule has 7 nitrogen and oxygen atoms in total. The normalized spacial score (nSPS) is 16.8. The number of fused-ring (bicyclic) bond motifs is 1. The molecule has 0 unspecified atom stereocenters. The predicted molar refractivity (Wildman–Crippen MR) is 125 cm³/mol. The molecule has 4 rings (SSSR count). The molecule has 0 aliphatic heterocycles. The molecule has 166 valence electrons. The van der Waals surface area contributed by atoms with E-state index in [4.69, 9.17) is 9.97 Å². The molecule has 8 heteroatoms. The lowest BCUT2D eigenvalue weighted by atomic mass is 9.99. The highest BCUT2D eigenvalue weighted by Crippen LogP contribution is 2.38. The number of pyridine rings is 1. The summed E-state index contributed by atoms with van der Waals surface area (Å²) in [6, 6.07) is 9.95. The number of aliphatic hydroxyl groups excluding tert-OH is 3. The van der Waals surface area contributed by atoms with E-state index in [0.29, 0.717) is 18.2 Å². The van der Waals surface area contributed by atoms with Gasteiger partial charge in [-0.05, 0) is 55.9 Å². The average Bonchev–Trinajstić information content (AvgIpc) is 3.49. The van der Waals surface area contributed by atoms with Gasteiger partial charge < -0.3 is 26.0 Å². The molecular weight excluding hydrogens is 412 g/mol. The van der Waals surface area contributed by atoms with Crippen LogP contribution >= 0.6 is 11.3 Å². The second kappa shape index (κ2) is 9.48. The fourth-order valence-electron chi connectivity index (χ4n) is 3.65. The lowest BCUT2D eigenvalue weighted by Gasteiger charge is -2.26. The molecule has 0 saturated heterocycles. The van der Waals surface area contributed by atoms with Crippen molar-refractivity contribution in [3.05, 3.63) is 35.9 Å². The minimum Gasteiger partial charge on any atom is -0.396 e. The van der Waals surface area contributed by atoms with Crippen molar-refractivity contribution < 1.29 is 15.3 Å². The van der Waals surface area contributed by atoms with Gasteiger partial charge in [0.1, 0.15) is 22.7 Å². The van der Waals surface area contributed by atoms with Crippen molar-refractivity contribution in [3.8, 4) is 10.6 Å². The number of aliphatic hydroxyl groups is 3. The van der Waals surface area contributed by atoms with Crippen LogP contribution in [0.5, 0.6) is 0 Å². The maximum absolute atomic E-state index is 10.7. The summed E-state index contributed by atoms with van der Waals surface area (Å²) in [7, 11) is 0. The van der Waals surface area contributed by atoms with E-state index in [0.717, 1.165) is 38.7 Å². The molecule has 2 heterocycles. The molecule has 2 aromatic heterocycles. The Hall–Kier alpha value is -2.26. The summed E-state index contributed by atoms with van der Waals surface area (Å²) in [6.07, 6.45) is 0.645. The summed E-state index contributed by atoms with van der Waals surface area (Å²) in [4.78, 5) is 9.50. The van der Waals surface area contributed by atoms with Crippen molar-refractivity contribution in [3.63, 3.8) is 0 Å². The first kappa shape index (κ1) is 22.0. The first-order valence-corrected chi connectivity index (χ1v) is 11.7. The lowest BCUT2D eigenvalue weighted by molar-refractivity contribution is -0.0203. The number of aromatic nitrogens is 2. The van der Waals surface area contributed by atoms with E-state index in [9.17, 15) is 15.3 Å². The number of nitrogens with zero attached hydrogens (tertiary/aromatic N) is 2. The Balaban J connectivity index is 1.70. The molecule has 3 atom stereocenters. The average molecular weight is 443 g/mol. The van der Waals surface area contributed by atoms with Crippen molar-refractivity contribution in [1.29, 1.82) is 0 Å². The van der Waals surface area contributed by atoms with Gasteiger partial charge in [-0.15, -0.1) is 11.3 Å². The summed E-state index contributed by atoms with van der Waals surface area (Å²) in [5.74, 6) is 1.47. The molecular formula is C23H30N4O3S. The molecule has 1 aliphatic rings. The van der Waals surface area contributed by atoms with Gasteiger partial charge in [0.05, 0.1) is 15.8 Å². The number of benzene rings is 1. The van der Waals surface area contributed by atoms with Crippen LogP contribution < -0.4 is 10.6 Å². The third-order valence-electron chi connectivity index (χ3n) is 5.84. The Morgan fingerprint density at radius 2 is 1.97 bits per heavy atom. The van der Waals surface area contributed by atoms with Crippen molar-refractivity contribution in [2.45, 2.75) is 45.4 Å². The molecule has 3 aromatic rings. The lowest BCUT2D eigenvalue weighted by Crippen LogP contribution is -2.40. The van der Waals surface area contributed by atoms with Gasteiger partial charge in [-0.2, -0.15) is 0 Å². The zero-order valence-electron chi connectivity index (χ0n) is 17.9. The minimum atomic E-state index is -1.27. The van der Waals surface area contributed by atoms with Crippen molar-refractivity contribution >= 4 is 33.2 Å². The van der Waals surface area contributed by atoms with E-state index < -0.39 is 18.2 Å². The van der Waals surface area contributed by atoms with Gasteiger partial charge in [-0.3, -0.25) is 0 Å². The first-order chi connectivity index (χ1) is 15.0. The number of rotatable bonds is 10. The molecule has 1 fully saturated rings. The fourth-order valence-corrected chi connectivity index (χ4v) is 4.73. The Labute approximate surface area is 186 Å². The number of hydrogen-bond acceptors (Lipinski definition) is 8. The van der Waals surface area contributed by atoms with Crippen LogP contribution in [-0.2, 0) is 0 Å². The topological polar surface area (TPSA) is 111 Å². The van der Waals surface area contributed by atoms with Crippen LogP contribution in [0.25, 0.3) is 20.8 Å². The molecule has 5 N–H and O–H groups in total. The van der Waals surface area contributed by atoms with Gasteiger partial charge in [0, 0.05) is 19.1 Å². The predicted octanol–water partition coefficient (Wildman–Crippen LogP) is 3.60. The molecule has 1 saturated carbocycles. The van der Waals surface area contributed by atoms with Gasteiger partial charge in [-0.25, -0.2) is 9.97 Å². The van der Waals surface area contributed by atoms with E-state index in [1.165, 1.54) is 12.8 Å². The van der Waals surface area contributed by atoms with Gasteiger partial charge in [0.15, 0.2) is 6.23 Å². The molecule has 0 radical (unpaired) electrons. The van der Waals surface area contributed by atoms with E-state index in [-0.39, 0.29) is 6.61 Å². The van der Waals surface area contributed by atoms with Crippen LogP contribution in [0.2, 0.25) is 0 Å². The SMILES string of the molecule is CC[C@H](CO)[C@@H](O)[C@@H](O)Nc1nc(NCC2CC2)cc(C)c1-c1nc2ccccc2s1. The number of para-hydroxylation sites is 1. The third kappa shape index (κ3) is 4.98. The second-order valence-electron chi connectivity index (χ2n) is 8.29. The van der Waals surface area contributed by atoms with Crippen LogP contribution in [0.4, 0.5) is 11.6 Å². The van der Waals surface area contributed by atoms with Gasteiger partial charge in [0.2, 0.25) is 0 Å². The summed E-state index contributed by atoms with van der Waals surface area (Å²) in [6.45, 7) is 4.55. The number of hydrogen-bond donors (Lipinski definition) is 5. The Morgan fingerprint density at radius 3 is 2.65 bits per heavy atom. The van der Waals surface area contributed by atoms with Crippen LogP contribution in [0, 0.1) is 18.8 Å². The van der Waals surface area contributed by atoms with Crippen LogP contribution in [0.1, 0.15) is 31.7 Å². The highest BCUT2D eigenvalue weighted by Gasteiger charge is 2.27. The van der Waals surface area contributed by atoms with E-state index in [1.54, 1.807) is 11.3 Å². The van der Waals surface area contributed by atoms with Gasteiger partial charge >= 0.3 is 0 Å². The molecule has 31 heavy (non-hydrogen) atoms. The second-order valence-corrected chi connectivity index (χ2v) is 9.32. The number of nitrogens with one attached hydrogen (secondary N) is 2. The molecule has 0 amide bonds. The van der Waals surface area contributed by atoms with Crippen LogP contribution in [0.15, 0.2) is 30.3 Å². The highest BCUT2D eigenvalue weighted by atomic mass is 32.1. The van der Waals surface area contributed by atoms with Crippen LogP contribution in [-0.4, -0.2) is 50.8 Å². The largest absolute Gasteiger partial charge is 0.396 e. The van der Waals surface area contributed by atoms with E-state index >= 15 is 0 Å². The number of anilines is 2. The molecule has 1 aromatic carbocycles. The molecule has 0 spiro atoms. The summed E-state index contributed by atoms with van der Waals surface area (Å²) in [5, 5.41) is 37.9. The van der Waals surface area contributed by atoms with Gasteiger partial charge in [0.25, 0.3) is 0 Å². The summed E-state index contributed by atoms with van der Waals surface area (Å²) in [5.41, 5.74) is 2.70. The first-order valence-electron chi connectivity index (χ1n) is 10.8. The maximum Gasteiger partial charge on any atom is 0.152 e. The van der Waals surface area contributed by atoms with Crippen molar-refractivity contribution in [2.75, 3.05) is 23.8 Å². The number of thiazole rings is 1. The Morgan fingerprint density at radius 1 is 1.19 bits per heavy atom. The van der Waals surface area contributed by atoms with Crippen molar-refractivity contribution in [2.24, 2.45) is 11.8 Å². The zero-order chi connectivity index (χ0) is 22.0. The maximum atomic E-state index is 10.7. The number of aryl methyl sites for hydroxylation is 1. The smallest absolute Gasteiger partial charge is 0.152 e. The zero-order valence-corrected chi connectivity index (χ0v) is 18.7. The Bertz CT molecular complexity index is 1000. The summed E-state index contributed by atoms with van der Waals surface area (Å²) >= 11 is 1.57. The summed E-state index contributed by atoms with van der Waals surface area (Å²) < 4.78 is 1.07. The van der Waals surface area contributed by atoms with E-state index in [1.807, 2.05) is 44.2 Å². The van der Waals surface area contributed by atoms with Crippen LogP contribution in [0.3, 0.4) is 0 Å². The van der Waals surface area contributed by atoms with Gasteiger partial charge in [-0.1, -0.05) is 19.1 Å². The van der Waals surface area contributed by atoms with E-state index in [2.05, 4.69) is 10.6 Å². The quantitative estimate of drug-likeness (QED) is 0.305. The molecule has 0 bridgehead atoms. The standard InChI is InChI=1S/C23H30N4O3S/c1-3-15(12-28)20(29)22(30)27-21-19(23-25-16-6-4-5-7-17(16)31-23)13(2)10-18(26-21)24-11-14-8-9-14/h4-7,10,14-15,20,22,28-30H,3,8-9,11-12H2,1-2H3,(H2,24,26,27)/t15-,20-,22-/m1/s1. The highest BCUT2D eigenvalue weighted by molar-refractivity contribution is 7.21. The van der Waals surface area contributed by atoms with Crippen molar-refractivity contribution in [1.82, 2.24) is 9.97 Å².